The van der Waals surface area contributed by atoms with Crippen LogP contribution >= 0.6 is 0 Å². The van der Waals surface area contributed by atoms with Gasteiger partial charge in [-0.1, -0.05) is 12.1 Å². The number of pyridine rings is 1. The summed E-state index contributed by atoms with van der Waals surface area (Å²) < 4.78 is 6.44. The molecule has 2 aromatic carbocycles. The SMILES string of the molecule is COC(=O)c1cc(C(=O)c2ccc([N+](=O)[O-])cc2)n2ccc(Cc3ccc([N+](=O)[O-])cc3)cc12. The maximum Gasteiger partial charge on any atom is 0.340 e. The van der Waals surface area contributed by atoms with Gasteiger partial charge in [-0.3, -0.25) is 25.0 Å². The first-order valence-corrected chi connectivity index (χ1v) is 10.0. The van der Waals surface area contributed by atoms with Gasteiger partial charge in [0, 0.05) is 36.0 Å². The van der Waals surface area contributed by atoms with Crippen molar-refractivity contribution in [2.75, 3.05) is 7.11 Å². The van der Waals surface area contributed by atoms with Crippen molar-refractivity contribution in [1.82, 2.24) is 4.40 Å². The maximum absolute atomic E-state index is 13.1. The topological polar surface area (TPSA) is 134 Å². The Labute approximate surface area is 192 Å². The van der Waals surface area contributed by atoms with Crippen LogP contribution in [0.25, 0.3) is 5.52 Å². The normalized spacial score (nSPS) is 10.7. The number of benzene rings is 2. The Morgan fingerprint density at radius 3 is 2.00 bits per heavy atom. The minimum absolute atomic E-state index is 0.00633. The zero-order valence-electron chi connectivity index (χ0n) is 17.8. The predicted octanol–water partition coefficient (Wildman–Crippen LogP) is 4.36. The number of ketones is 1. The molecule has 0 spiro atoms. The second-order valence-corrected chi connectivity index (χ2v) is 7.46. The zero-order valence-corrected chi connectivity index (χ0v) is 17.8. The Morgan fingerprint density at radius 2 is 1.44 bits per heavy atom. The second kappa shape index (κ2) is 8.94. The largest absolute Gasteiger partial charge is 0.465 e. The standard InChI is InChI=1S/C24H17N3O7/c1-34-24(29)20-14-22(23(28)17-4-8-19(9-5-17)27(32)33)25-11-10-16(13-21(20)25)12-15-2-6-18(7-3-15)26(30)31/h2-11,13-14H,12H2,1H3. The van der Waals surface area contributed by atoms with Crippen LogP contribution in [-0.4, -0.2) is 33.1 Å². The number of ether oxygens (including phenoxy) is 1. The van der Waals surface area contributed by atoms with Gasteiger partial charge in [-0.2, -0.15) is 0 Å². The van der Waals surface area contributed by atoms with Gasteiger partial charge in [0.25, 0.3) is 11.4 Å². The lowest BCUT2D eigenvalue weighted by Crippen LogP contribution is -2.05. The van der Waals surface area contributed by atoms with Crippen LogP contribution in [0.1, 0.15) is 37.5 Å². The van der Waals surface area contributed by atoms with Crippen molar-refractivity contribution in [1.29, 1.82) is 0 Å². The predicted molar refractivity (Wildman–Crippen MR) is 121 cm³/mol. The Balaban J connectivity index is 1.72. The third-order valence-electron chi connectivity index (χ3n) is 5.37. The monoisotopic (exact) mass is 459 g/mol. The molecule has 0 radical (unpaired) electrons. The summed E-state index contributed by atoms with van der Waals surface area (Å²) in [6, 6.07) is 16.3. The molecule has 0 aliphatic carbocycles. The van der Waals surface area contributed by atoms with E-state index in [1.807, 2.05) is 0 Å². The molecule has 10 heteroatoms. The van der Waals surface area contributed by atoms with E-state index in [1.54, 1.807) is 34.9 Å². The summed E-state index contributed by atoms with van der Waals surface area (Å²) >= 11 is 0. The molecule has 34 heavy (non-hydrogen) atoms. The van der Waals surface area contributed by atoms with E-state index in [1.165, 1.54) is 49.6 Å². The Bertz CT molecular complexity index is 1440. The molecule has 4 aromatic rings. The highest BCUT2D eigenvalue weighted by atomic mass is 16.6. The van der Waals surface area contributed by atoms with E-state index >= 15 is 0 Å². The molecule has 0 N–H and O–H groups in total. The smallest absolute Gasteiger partial charge is 0.340 e. The highest BCUT2D eigenvalue weighted by Gasteiger charge is 2.22. The molecule has 0 saturated heterocycles. The number of carbonyl (C=O) groups excluding carboxylic acids is 2. The number of nitrogens with zero attached hydrogens (tertiary/aromatic N) is 3. The number of rotatable bonds is 7. The van der Waals surface area contributed by atoms with E-state index in [9.17, 15) is 29.8 Å². The summed E-state index contributed by atoms with van der Waals surface area (Å²) in [5.74, 6) is -1.03. The van der Waals surface area contributed by atoms with Crippen LogP contribution in [0.5, 0.6) is 0 Å². The molecular weight excluding hydrogens is 442 g/mol. The average molecular weight is 459 g/mol. The van der Waals surface area contributed by atoms with Crippen molar-refractivity contribution in [2.24, 2.45) is 0 Å². The van der Waals surface area contributed by atoms with Gasteiger partial charge in [-0.15, -0.1) is 0 Å². The fourth-order valence-electron chi connectivity index (χ4n) is 3.65. The van der Waals surface area contributed by atoms with Crippen molar-refractivity contribution in [3.05, 3.63) is 121 Å². The minimum Gasteiger partial charge on any atom is -0.465 e. The molecule has 0 unspecified atom stereocenters. The molecule has 0 aliphatic heterocycles. The van der Waals surface area contributed by atoms with Gasteiger partial charge in [0.1, 0.15) is 0 Å². The lowest BCUT2D eigenvalue weighted by atomic mass is 10.0. The van der Waals surface area contributed by atoms with Crippen molar-refractivity contribution in [3.8, 4) is 0 Å². The molecule has 0 bridgehead atoms. The van der Waals surface area contributed by atoms with E-state index in [0.29, 0.717) is 11.9 Å². The van der Waals surface area contributed by atoms with Gasteiger partial charge in [0.15, 0.2) is 0 Å². The number of hydrogen-bond donors (Lipinski definition) is 0. The number of nitro groups is 2. The van der Waals surface area contributed by atoms with E-state index in [-0.39, 0.29) is 28.2 Å². The molecule has 0 aliphatic rings. The first-order valence-electron chi connectivity index (χ1n) is 10.0. The quantitative estimate of drug-likeness (QED) is 0.173. The lowest BCUT2D eigenvalue weighted by molar-refractivity contribution is -0.385. The van der Waals surface area contributed by atoms with Crippen LogP contribution in [0.3, 0.4) is 0 Å². The van der Waals surface area contributed by atoms with Gasteiger partial charge in [-0.05, 0) is 47.9 Å². The number of hydrogen-bond acceptors (Lipinski definition) is 7. The Kier molecular flexibility index (Phi) is 5.88. The van der Waals surface area contributed by atoms with Crippen LogP contribution < -0.4 is 0 Å². The second-order valence-electron chi connectivity index (χ2n) is 7.46. The number of fused-ring (bicyclic) bond motifs is 1. The fraction of sp³-hybridized carbons (Fsp3) is 0.0833. The molecule has 10 nitrogen and oxygen atoms in total. The Hall–Kier alpha value is -4.86. The average Bonchev–Trinajstić information content (AvgIpc) is 3.22. The summed E-state index contributed by atoms with van der Waals surface area (Å²) in [6.45, 7) is 0. The van der Waals surface area contributed by atoms with Gasteiger partial charge in [0.2, 0.25) is 5.78 Å². The Morgan fingerprint density at radius 1 is 0.853 bits per heavy atom. The summed E-state index contributed by atoms with van der Waals surface area (Å²) in [5, 5.41) is 21.7. The van der Waals surface area contributed by atoms with Crippen LogP contribution in [0.15, 0.2) is 72.9 Å². The van der Waals surface area contributed by atoms with Crippen LogP contribution in [-0.2, 0) is 11.2 Å². The number of esters is 1. The fourth-order valence-corrected chi connectivity index (χ4v) is 3.65. The van der Waals surface area contributed by atoms with Crippen molar-refractivity contribution in [3.63, 3.8) is 0 Å². The molecule has 0 amide bonds. The number of methoxy groups -OCH3 is 1. The number of nitro benzene ring substituents is 2. The summed E-state index contributed by atoms with van der Waals surface area (Å²) in [5.41, 5.74) is 2.59. The first-order chi connectivity index (χ1) is 16.3. The molecule has 0 fully saturated rings. The van der Waals surface area contributed by atoms with E-state index in [2.05, 4.69) is 0 Å². The third kappa shape index (κ3) is 4.24. The summed E-state index contributed by atoms with van der Waals surface area (Å²) in [7, 11) is 1.24. The first kappa shape index (κ1) is 22.3. The third-order valence-corrected chi connectivity index (χ3v) is 5.37. The highest BCUT2D eigenvalue weighted by molar-refractivity contribution is 6.11. The molecule has 2 aromatic heterocycles. The van der Waals surface area contributed by atoms with Crippen molar-refractivity contribution >= 4 is 28.6 Å². The van der Waals surface area contributed by atoms with Crippen LogP contribution in [0, 0.1) is 20.2 Å². The van der Waals surface area contributed by atoms with Crippen LogP contribution in [0.4, 0.5) is 11.4 Å². The highest BCUT2D eigenvalue weighted by Crippen LogP contribution is 2.24. The zero-order chi connectivity index (χ0) is 24.4. The van der Waals surface area contributed by atoms with E-state index < -0.39 is 21.6 Å². The molecular formula is C24H17N3O7. The maximum atomic E-state index is 13.1. The minimum atomic E-state index is -0.618. The summed E-state index contributed by atoms with van der Waals surface area (Å²) in [6.07, 6.45) is 2.10. The van der Waals surface area contributed by atoms with Crippen molar-refractivity contribution < 1.29 is 24.2 Å². The van der Waals surface area contributed by atoms with Gasteiger partial charge >= 0.3 is 5.97 Å². The number of non-ortho nitro benzene ring substituents is 2. The molecule has 170 valence electrons. The lowest BCUT2D eigenvalue weighted by Gasteiger charge is -2.07. The molecule has 0 saturated carbocycles. The van der Waals surface area contributed by atoms with E-state index in [0.717, 1.165) is 11.1 Å². The summed E-state index contributed by atoms with van der Waals surface area (Å²) in [4.78, 5) is 46.3. The van der Waals surface area contributed by atoms with Gasteiger partial charge in [0.05, 0.1) is 33.7 Å². The van der Waals surface area contributed by atoms with Gasteiger partial charge < -0.3 is 9.14 Å². The molecule has 4 rings (SSSR count). The van der Waals surface area contributed by atoms with E-state index in [4.69, 9.17) is 4.74 Å². The number of aromatic nitrogens is 1. The van der Waals surface area contributed by atoms with Crippen molar-refractivity contribution in [2.45, 2.75) is 6.42 Å². The molecule has 2 heterocycles. The number of carbonyl (C=O) groups is 2. The molecule has 0 atom stereocenters. The van der Waals surface area contributed by atoms with Gasteiger partial charge in [-0.25, -0.2) is 4.79 Å². The van der Waals surface area contributed by atoms with Crippen LogP contribution in [0.2, 0.25) is 0 Å².